The first-order chi connectivity index (χ1) is 18.6. The average Bonchev–Trinajstić information content (AvgIpc) is 3.58. The van der Waals surface area contributed by atoms with Crippen molar-refractivity contribution in [1.29, 1.82) is 0 Å². The summed E-state index contributed by atoms with van der Waals surface area (Å²) in [6, 6.07) is 31.3. The highest BCUT2D eigenvalue weighted by Crippen LogP contribution is 2.42. The first-order valence-corrected chi connectivity index (χ1v) is 14.3. The summed E-state index contributed by atoms with van der Waals surface area (Å²) < 4.78 is 7.36. The van der Waals surface area contributed by atoms with Gasteiger partial charge < -0.3 is 9.84 Å². The number of aryl methyl sites for hydroxylation is 1. The maximum absolute atomic E-state index is 9.88. The molecule has 38 heavy (non-hydrogen) atoms. The molecule has 4 heteroatoms. The van der Waals surface area contributed by atoms with Gasteiger partial charge in [0.05, 0.1) is 0 Å². The number of phenols is 1. The fourth-order valence-corrected chi connectivity index (χ4v) is 6.67. The molecule has 0 saturated carbocycles. The fourth-order valence-electron chi connectivity index (χ4n) is 5.41. The SMILES string of the molecule is Cc1cc(Cc2c(-c3ccc(O)cc3)sc3cc(OCc4ccccc4)ccc23)ccc1CN1CCCC1. The molecule has 3 nitrogen and oxygen atoms in total. The van der Waals surface area contributed by atoms with Gasteiger partial charge in [-0.15, -0.1) is 11.3 Å². The van der Waals surface area contributed by atoms with Gasteiger partial charge >= 0.3 is 0 Å². The number of rotatable bonds is 8. The van der Waals surface area contributed by atoms with E-state index in [1.54, 1.807) is 23.5 Å². The number of benzene rings is 4. The molecule has 1 aromatic heterocycles. The number of ether oxygens (including phenoxy) is 1. The number of phenolic OH excluding ortho intramolecular Hbond substituents is 1. The predicted molar refractivity (Wildman–Crippen MR) is 158 cm³/mol. The van der Waals surface area contributed by atoms with Crippen LogP contribution in [0.3, 0.4) is 0 Å². The molecule has 0 atom stereocenters. The lowest BCUT2D eigenvalue weighted by atomic mass is 9.96. The van der Waals surface area contributed by atoms with E-state index in [1.807, 2.05) is 30.3 Å². The van der Waals surface area contributed by atoms with Crippen molar-refractivity contribution in [2.45, 2.75) is 39.3 Å². The van der Waals surface area contributed by atoms with Crippen molar-refractivity contribution >= 4 is 21.4 Å². The first kappa shape index (κ1) is 24.7. The Morgan fingerprint density at radius 1 is 0.842 bits per heavy atom. The molecule has 0 spiro atoms. The third kappa shape index (κ3) is 5.47. The van der Waals surface area contributed by atoms with Crippen LogP contribution >= 0.6 is 11.3 Å². The Labute approximate surface area is 229 Å². The lowest BCUT2D eigenvalue weighted by molar-refractivity contribution is 0.306. The quantitative estimate of drug-likeness (QED) is 0.224. The maximum atomic E-state index is 9.88. The number of aromatic hydroxyl groups is 1. The van der Waals surface area contributed by atoms with E-state index in [1.165, 1.54) is 63.1 Å². The second kappa shape index (κ2) is 11.0. The van der Waals surface area contributed by atoms with Crippen LogP contribution in [-0.2, 0) is 19.6 Å². The topological polar surface area (TPSA) is 32.7 Å². The van der Waals surface area contributed by atoms with Gasteiger partial charge in [-0.3, -0.25) is 4.90 Å². The van der Waals surface area contributed by atoms with Crippen LogP contribution in [0.5, 0.6) is 11.5 Å². The number of hydrogen-bond acceptors (Lipinski definition) is 4. The monoisotopic (exact) mass is 519 g/mol. The third-order valence-electron chi connectivity index (χ3n) is 7.52. The summed E-state index contributed by atoms with van der Waals surface area (Å²) in [5.41, 5.74) is 7.76. The third-order valence-corrected chi connectivity index (χ3v) is 8.77. The Morgan fingerprint density at radius 3 is 2.39 bits per heavy atom. The standard InChI is InChI=1S/C34H33NO2S/c1-24-19-26(9-10-28(24)22-35-17-5-6-18-35)20-32-31-16-15-30(37-23-25-7-3-2-4-8-25)21-33(31)38-34(32)27-11-13-29(36)14-12-27/h2-4,7-16,19,21,36H,5-6,17-18,20,22-23H2,1H3. The Hall–Kier alpha value is -3.60. The van der Waals surface area contributed by atoms with Gasteiger partial charge in [-0.25, -0.2) is 0 Å². The van der Waals surface area contributed by atoms with Crippen LogP contribution in [0.1, 0.15) is 40.7 Å². The smallest absolute Gasteiger partial charge is 0.121 e. The molecular formula is C34H33NO2S. The molecule has 0 radical (unpaired) electrons. The average molecular weight is 520 g/mol. The van der Waals surface area contributed by atoms with Crippen molar-refractivity contribution in [2.75, 3.05) is 13.1 Å². The molecule has 1 fully saturated rings. The van der Waals surface area contributed by atoms with Gasteiger partial charge in [-0.2, -0.15) is 0 Å². The van der Waals surface area contributed by atoms with E-state index < -0.39 is 0 Å². The van der Waals surface area contributed by atoms with Crippen molar-refractivity contribution in [3.05, 3.63) is 119 Å². The zero-order chi connectivity index (χ0) is 25.9. The van der Waals surface area contributed by atoms with Crippen LogP contribution in [0.2, 0.25) is 0 Å². The van der Waals surface area contributed by atoms with Crippen molar-refractivity contribution in [3.8, 4) is 21.9 Å². The summed E-state index contributed by atoms with van der Waals surface area (Å²) in [5, 5.41) is 11.1. The van der Waals surface area contributed by atoms with E-state index in [0.29, 0.717) is 6.61 Å². The van der Waals surface area contributed by atoms with E-state index >= 15 is 0 Å². The fraction of sp³-hybridized carbons (Fsp3) is 0.235. The molecule has 0 aliphatic carbocycles. The van der Waals surface area contributed by atoms with Gasteiger partial charge in [-0.1, -0.05) is 48.5 Å². The van der Waals surface area contributed by atoms with Crippen LogP contribution in [-0.4, -0.2) is 23.1 Å². The van der Waals surface area contributed by atoms with Crippen LogP contribution in [0.4, 0.5) is 0 Å². The number of nitrogens with zero attached hydrogens (tertiary/aromatic N) is 1. The van der Waals surface area contributed by atoms with Crippen molar-refractivity contribution < 1.29 is 9.84 Å². The van der Waals surface area contributed by atoms with E-state index in [4.69, 9.17) is 4.74 Å². The van der Waals surface area contributed by atoms with Crippen LogP contribution in [0, 0.1) is 6.92 Å². The molecule has 1 saturated heterocycles. The number of thiophene rings is 1. The Bertz CT molecular complexity index is 1530. The number of likely N-dealkylation sites (tertiary alicyclic amines) is 1. The zero-order valence-electron chi connectivity index (χ0n) is 21.8. The Balaban J connectivity index is 1.31. The minimum atomic E-state index is 0.289. The van der Waals surface area contributed by atoms with E-state index in [-0.39, 0.29) is 5.75 Å². The van der Waals surface area contributed by atoms with Crippen molar-refractivity contribution in [1.82, 2.24) is 4.90 Å². The molecule has 0 amide bonds. The molecule has 5 aromatic rings. The zero-order valence-corrected chi connectivity index (χ0v) is 22.6. The molecule has 1 aliphatic rings. The van der Waals surface area contributed by atoms with Crippen LogP contribution in [0.25, 0.3) is 20.5 Å². The molecule has 1 N–H and O–H groups in total. The minimum Gasteiger partial charge on any atom is -0.508 e. The molecule has 6 rings (SSSR count). The second-order valence-electron chi connectivity index (χ2n) is 10.3. The molecule has 1 aliphatic heterocycles. The summed E-state index contributed by atoms with van der Waals surface area (Å²) in [5.74, 6) is 1.17. The lowest BCUT2D eigenvalue weighted by Gasteiger charge is -2.17. The largest absolute Gasteiger partial charge is 0.508 e. The van der Waals surface area contributed by atoms with Crippen molar-refractivity contribution in [2.24, 2.45) is 0 Å². The highest BCUT2D eigenvalue weighted by atomic mass is 32.1. The summed E-state index contributed by atoms with van der Waals surface area (Å²) in [6.45, 7) is 6.29. The highest BCUT2D eigenvalue weighted by molar-refractivity contribution is 7.22. The molecule has 4 aromatic carbocycles. The Morgan fingerprint density at radius 2 is 1.63 bits per heavy atom. The van der Waals surface area contributed by atoms with Gasteiger partial charge in [-0.05, 0) is 121 Å². The van der Waals surface area contributed by atoms with Crippen LogP contribution < -0.4 is 4.74 Å². The summed E-state index contributed by atoms with van der Waals surface area (Å²) in [6.07, 6.45) is 3.51. The summed E-state index contributed by atoms with van der Waals surface area (Å²) in [7, 11) is 0. The normalized spacial score (nSPS) is 13.8. The number of hydrogen-bond donors (Lipinski definition) is 1. The second-order valence-corrected chi connectivity index (χ2v) is 11.4. The Kier molecular flexibility index (Phi) is 7.17. The minimum absolute atomic E-state index is 0.289. The van der Waals surface area contributed by atoms with E-state index in [9.17, 15) is 5.11 Å². The van der Waals surface area contributed by atoms with Crippen LogP contribution in [0.15, 0.2) is 91.0 Å². The molecular weight excluding hydrogens is 486 g/mol. The van der Waals surface area contributed by atoms with Gasteiger partial charge in [0.1, 0.15) is 18.1 Å². The molecule has 0 bridgehead atoms. The molecule has 0 unspecified atom stereocenters. The predicted octanol–water partition coefficient (Wildman–Crippen LogP) is 8.35. The van der Waals surface area contributed by atoms with Gasteiger partial charge in [0.2, 0.25) is 0 Å². The first-order valence-electron chi connectivity index (χ1n) is 13.4. The highest BCUT2D eigenvalue weighted by Gasteiger charge is 2.17. The van der Waals surface area contributed by atoms with Crippen molar-refractivity contribution in [3.63, 3.8) is 0 Å². The summed E-state index contributed by atoms with van der Waals surface area (Å²) in [4.78, 5) is 3.81. The maximum Gasteiger partial charge on any atom is 0.121 e. The lowest BCUT2D eigenvalue weighted by Crippen LogP contribution is -2.18. The van der Waals surface area contributed by atoms with Gasteiger partial charge in [0, 0.05) is 16.1 Å². The van der Waals surface area contributed by atoms with Gasteiger partial charge in [0.25, 0.3) is 0 Å². The molecule has 2 heterocycles. The van der Waals surface area contributed by atoms with E-state index in [0.717, 1.165) is 29.8 Å². The van der Waals surface area contributed by atoms with Gasteiger partial charge in [0.15, 0.2) is 0 Å². The molecule has 192 valence electrons. The summed E-state index contributed by atoms with van der Waals surface area (Å²) >= 11 is 1.80. The number of fused-ring (bicyclic) bond motifs is 1. The van der Waals surface area contributed by atoms with E-state index in [2.05, 4.69) is 60.4 Å².